The summed E-state index contributed by atoms with van der Waals surface area (Å²) in [4.78, 5) is 10.3. The van der Waals surface area contributed by atoms with E-state index < -0.39 is 28.3 Å². The molecule has 0 saturated carbocycles. The van der Waals surface area contributed by atoms with Crippen molar-refractivity contribution in [2.45, 2.75) is 4.90 Å². The van der Waals surface area contributed by atoms with E-state index in [-0.39, 0.29) is 15.4 Å². The van der Waals surface area contributed by atoms with Gasteiger partial charge in [-0.25, -0.2) is 12.8 Å². The molecule has 0 saturated heterocycles. The van der Waals surface area contributed by atoms with Gasteiger partial charge >= 0.3 is 0 Å². The van der Waals surface area contributed by atoms with Crippen LogP contribution in [-0.4, -0.2) is 37.2 Å². The summed E-state index contributed by atoms with van der Waals surface area (Å²) in [6, 6.07) is 3.02. The van der Waals surface area contributed by atoms with Gasteiger partial charge in [0.25, 0.3) is 0 Å². The number of nitrogens with zero attached hydrogens (tertiary/aromatic N) is 1. The summed E-state index contributed by atoms with van der Waals surface area (Å²) in [5.74, 6) is -1.52. The van der Waals surface area contributed by atoms with Crippen LogP contribution in [0.3, 0.4) is 0 Å². The Bertz CT molecular complexity index is 631. The molecule has 9 heteroatoms. The number of carbonyl (C=O) groups excluding carboxylic acids is 1. The molecular weight excluding hydrogens is 293 g/mol. The summed E-state index contributed by atoms with van der Waals surface area (Å²) < 4.78 is 38.3. The lowest BCUT2D eigenvalue weighted by Crippen LogP contribution is -2.35. The van der Waals surface area contributed by atoms with Crippen LogP contribution in [0.4, 0.5) is 4.39 Å². The molecule has 104 valence electrons. The van der Waals surface area contributed by atoms with E-state index in [2.05, 4.69) is 12.2 Å². The van der Waals surface area contributed by atoms with Crippen LogP contribution in [-0.2, 0) is 14.8 Å². The molecule has 0 aliphatic rings. The van der Waals surface area contributed by atoms with Gasteiger partial charge in [-0.05, 0) is 18.2 Å². The fraction of sp³-hybridized carbons (Fsp3) is 0.200. The molecule has 1 rings (SSSR count). The van der Waals surface area contributed by atoms with Crippen LogP contribution in [0.1, 0.15) is 5.56 Å². The van der Waals surface area contributed by atoms with E-state index in [1.54, 1.807) is 0 Å². The summed E-state index contributed by atoms with van der Waals surface area (Å²) in [6.45, 7) is -0.484. The minimum absolute atomic E-state index is 0.177. The Labute approximate surface area is 115 Å². The number of hydrogen-bond donors (Lipinski definition) is 2. The standard InChI is InChI=1S/C10H12FN3O3S2/c1-14(5-9(12)15)19(16,17)6-2-3-8(11)7(4-6)10(13)18/h2-4H,5H2,1H3,(H2,12,15)(H2,13,18). The van der Waals surface area contributed by atoms with Crippen LogP contribution in [0.5, 0.6) is 0 Å². The second-order valence-electron chi connectivity index (χ2n) is 3.73. The van der Waals surface area contributed by atoms with Crippen LogP contribution in [0.15, 0.2) is 23.1 Å². The third kappa shape index (κ3) is 3.46. The molecule has 1 amide bonds. The minimum atomic E-state index is -3.96. The first-order chi connectivity index (χ1) is 8.66. The summed E-state index contributed by atoms with van der Waals surface area (Å²) in [7, 11) is -2.77. The number of primary amides is 1. The fourth-order valence-electron chi connectivity index (χ4n) is 1.34. The summed E-state index contributed by atoms with van der Waals surface area (Å²) in [6.07, 6.45) is 0. The van der Waals surface area contributed by atoms with Crippen molar-refractivity contribution < 1.29 is 17.6 Å². The van der Waals surface area contributed by atoms with Crippen LogP contribution < -0.4 is 11.5 Å². The van der Waals surface area contributed by atoms with E-state index in [4.69, 9.17) is 11.5 Å². The molecule has 0 aliphatic carbocycles. The highest BCUT2D eigenvalue weighted by molar-refractivity contribution is 7.89. The van der Waals surface area contributed by atoms with Gasteiger partial charge in [-0.3, -0.25) is 4.79 Å². The molecule has 0 unspecified atom stereocenters. The number of amides is 1. The number of rotatable bonds is 5. The minimum Gasteiger partial charge on any atom is -0.389 e. The molecule has 4 N–H and O–H groups in total. The zero-order chi connectivity index (χ0) is 14.8. The average molecular weight is 305 g/mol. The van der Waals surface area contributed by atoms with Gasteiger partial charge in [0.05, 0.1) is 11.4 Å². The van der Waals surface area contributed by atoms with Crippen molar-refractivity contribution in [3.8, 4) is 0 Å². The first kappa shape index (κ1) is 15.5. The number of benzene rings is 1. The van der Waals surface area contributed by atoms with Crippen LogP contribution in [0.25, 0.3) is 0 Å². The monoisotopic (exact) mass is 305 g/mol. The summed E-state index contributed by atoms with van der Waals surface area (Å²) in [5.41, 5.74) is 10.0. The summed E-state index contributed by atoms with van der Waals surface area (Å²) in [5, 5.41) is 0. The van der Waals surface area contributed by atoms with Crippen molar-refractivity contribution in [1.29, 1.82) is 0 Å². The van der Waals surface area contributed by atoms with E-state index in [0.29, 0.717) is 0 Å². The van der Waals surface area contributed by atoms with E-state index in [0.717, 1.165) is 22.5 Å². The van der Waals surface area contributed by atoms with Gasteiger partial charge in [0.1, 0.15) is 10.8 Å². The Morgan fingerprint density at radius 2 is 2.00 bits per heavy atom. The maximum atomic E-state index is 13.4. The molecule has 0 bridgehead atoms. The van der Waals surface area contributed by atoms with E-state index >= 15 is 0 Å². The quantitative estimate of drug-likeness (QED) is 0.718. The van der Waals surface area contributed by atoms with Crippen molar-refractivity contribution in [3.63, 3.8) is 0 Å². The highest BCUT2D eigenvalue weighted by Crippen LogP contribution is 2.18. The number of sulfonamides is 1. The van der Waals surface area contributed by atoms with Crippen molar-refractivity contribution >= 4 is 33.1 Å². The van der Waals surface area contributed by atoms with Gasteiger partial charge in [0.15, 0.2) is 0 Å². The molecule has 19 heavy (non-hydrogen) atoms. The SMILES string of the molecule is CN(CC(N)=O)S(=O)(=O)c1ccc(F)c(C(N)=S)c1. The predicted molar refractivity (Wildman–Crippen MR) is 71.3 cm³/mol. The number of nitrogens with two attached hydrogens (primary N) is 2. The maximum absolute atomic E-state index is 13.4. The fourth-order valence-corrected chi connectivity index (χ4v) is 2.66. The predicted octanol–water partition coefficient (Wildman–Crippen LogP) is -0.434. The molecule has 1 aromatic rings. The van der Waals surface area contributed by atoms with E-state index in [9.17, 15) is 17.6 Å². The molecule has 0 radical (unpaired) electrons. The largest absolute Gasteiger partial charge is 0.389 e. The first-order valence-electron chi connectivity index (χ1n) is 5.00. The number of hydrogen-bond acceptors (Lipinski definition) is 4. The Kier molecular flexibility index (Phi) is 4.56. The number of thiocarbonyl (C=S) groups is 1. The van der Waals surface area contributed by atoms with Crippen molar-refractivity contribution in [3.05, 3.63) is 29.6 Å². The molecule has 0 spiro atoms. The molecule has 0 heterocycles. The Balaban J connectivity index is 3.26. The van der Waals surface area contributed by atoms with Gasteiger partial charge in [0.2, 0.25) is 15.9 Å². The van der Waals surface area contributed by atoms with Gasteiger partial charge < -0.3 is 11.5 Å². The molecule has 0 fully saturated rings. The lowest BCUT2D eigenvalue weighted by molar-refractivity contribution is -0.118. The highest BCUT2D eigenvalue weighted by atomic mass is 32.2. The third-order valence-corrected chi connectivity index (χ3v) is 4.31. The molecule has 0 atom stereocenters. The smallest absolute Gasteiger partial charge is 0.243 e. The van der Waals surface area contributed by atoms with Crippen LogP contribution in [0, 0.1) is 5.82 Å². The van der Waals surface area contributed by atoms with Crippen molar-refractivity contribution in [2.24, 2.45) is 11.5 Å². The lowest BCUT2D eigenvalue weighted by atomic mass is 10.2. The van der Waals surface area contributed by atoms with Crippen LogP contribution >= 0.6 is 12.2 Å². The molecular formula is C10H12FN3O3S2. The van der Waals surface area contributed by atoms with Gasteiger partial charge in [-0.15, -0.1) is 0 Å². The van der Waals surface area contributed by atoms with Gasteiger partial charge in [-0.1, -0.05) is 12.2 Å². The average Bonchev–Trinajstić information content (AvgIpc) is 2.27. The first-order valence-corrected chi connectivity index (χ1v) is 6.85. The topological polar surface area (TPSA) is 106 Å². The van der Waals surface area contributed by atoms with Crippen LogP contribution in [0.2, 0.25) is 0 Å². The highest BCUT2D eigenvalue weighted by Gasteiger charge is 2.23. The molecule has 0 aromatic heterocycles. The Morgan fingerprint density at radius 1 is 1.42 bits per heavy atom. The van der Waals surface area contributed by atoms with Gasteiger partial charge in [-0.2, -0.15) is 4.31 Å². The zero-order valence-corrected chi connectivity index (χ0v) is 11.6. The second kappa shape index (κ2) is 5.59. The third-order valence-electron chi connectivity index (χ3n) is 2.29. The normalized spacial score (nSPS) is 11.5. The Hall–Kier alpha value is -1.58. The van der Waals surface area contributed by atoms with E-state index in [1.165, 1.54) is 7.05 Å². The number of likely N-dealkylation sites (N-methyl/N-ethyl adjacent to an activating group) is 1. The second-order valence-corrected chi connectivity index (χ2v) is 6.22. The zero-order valence-electron chi connectivity index (χ0n) is 9.96. The summed E-state index contributed by atoms with van der Waals surface area (Å²) >= 11 is 4.62. The van der Waals surface area contributed by atoms with Crippen molar-refractivity contribution in [1.82, 2.24) is 4.31 Å². The van der Waals surface area contributed by atoms with Crippen molar-refractivity contribution in [2.75, 3.05) is 13.6 Å². The van der Waals surface area contributed by atoms with Gasteiger partial charge in [0, 0.05) is 12.6 Å². The Morgan fingerprint density at radius 3 is 2.47 bits per heavy atom. The number of carbonyl (C=O) groups is 1. The molecule has 6 nitrogen and oxygen atoms in total. The maximum Gasteiger partial charge on any atom is 0.243 e. The lowest BCUT2D eigenvalue weighted by Gasteiger charge is -2.16. The molecule has 0 aliphatic heterocycles. The van der Waals surface area contributed by atoms with E-state index in [1.807, 2.05) is 0 Å². The molecule has 1 aromatic carbocycles. The number of halogens is 1.